The Morgan fingerprint density at radius 3 is 1.94 bits per heavy atom. The minimum atomic E-state index is -0.943. The molecule has 2 aromatic rings. The number of hydrogen-bond donors (Lipinski definition) is 1. The second-order valence-electron chi connectivity index (χ2n) is 3.95. The second-order valence-corrected chi connectivity index (χ2v) is 4.76. The summed E-state index contributed by atoms with van der Waals surface area (Å²) in [7, 11) is 0. The third-order valence-corrected chi connectivity index (χ3v) is 3.53. The van der Waals surface area contributed by atoms with Gasteiger partial charge in [0.15, 0.2) is 0 Å². The summed E-state index contributed by atoms with van der Waals surface area (Å²) in [5.74, 6) is -0.943. The second kappa shape index (κ2) is 5.01. The monoisotopic (exact) mass is 280 g/mol. The number of halogens is 2. The quantitative estimate of drug-likeness (QED) is 0.868. The Bertz CT molecular complexity index is 581. The highest BCUT2D eigenvalue weighted by Gasteiger charge is 2.07. The fourth-order valence-electron chi connectivity index (χ4n) is 1.62. The largest absolute Gasteiger partial charge is 0.478 e. The van der Waals surface area contributed by atoms with Crippen molar-refractivity contribution in [3.8, 4) is 11.1 Å². The normalized spacial score (nSPS) is 10.4. The first-order chi connectivity index (χ1) is 8.49. The summed E-state index contributed by atoms with van der Waals surface area (Å²) < 4.78 is 0. The number of carbonyl (C=O) groups is 1. The lowest BCUT2D eigenvalue weighted by molar-refractivity contribution is 0.0697. The van der Waals surface area contributed by atoms with E-state index in [4.69, 9.17) is 28.3 Å². The Labute approximate surface area is 115 Å². The summed E-state index contributed by atoms with van der Waals surface area (Å²) in [5.41, 5.74) is 2.84. The van der Waals surface area contributed by atoms with Crippen LogP contribution in [0.2, 0.25) is 10.0 Å². The van der Waals surface area contributed by atoms with Gasteiger partial charge < -0.3 is 5.11 Å². The van der Waals surface area contributed by atoms with Crippen LogP contribution < -0.4 is 0 Å². The third-order valence-electron chi connectivity index (χ3n) is 2.75. The van der Waals surface area contributed by atoms with Crippen molar-refractivity contribution in [3.63, 3.8) is 0 Å². The molecule has 0 spiro atoms. The molecule has 0 heterocycles. The van der Waals surface area contributed by atoms with Gasteiger partial charge in [-0.2, -0.15) is 0 Å². The Balaban J connectivity index is 2.46. The molecule has 0 fully saturated rings. The van der Waals surface area contributed by atoms with Crippen LogP contribution in [-0.4, -0.2) is 11.1 Å². The zero-order valence-corrected chi connectivity index (χ0v) is 11.1. The summed E-state index contributed by atoms with van der Waals surface area (Å²) in [4.78, 5) is 10.8. The molecule has 2 nitrogen and oxygen atoms in total. The van der Waals surface area contributed by atoms with Crippen LogP contribution in [0.1, 0.15) is 15.9 Å². The van der Waals surface area contributed by atoms with E-state index < -0.39 is 5.97 Å². The fourth-order valence-corrected chi connectivity index (χ4v) is 2.10. The van der Waals surface area contributed by atoms with Gasteiger partial charge in [-0.3, -0.25) is 0 Å². The lowest BCUT2D eigenvalue weighted by Gasteiger charge is -2.07. The van der Waals surface area contributed by atoms with Crippen molar-refractivity contribution < 1.29 is 9.90 Å². The molecule has 0 aliphatic heterocycles. The number of carboxylic acid groups (broad SMARTS) is 1. The van der Waals surface area contributed by atoms with E-state index in [2.05, 4.69) is 0 Å². The molecular weight excluding hydrogens is 271 g/mol. The first-order valence-electron chi connectivity index (χ1n) is 5.28. The molecule has 4 heteroatoms. The van der Waals surface area contributed by atoms with Crippen LogP contribution >= 0.6 is 23.2 Å². The van der Waals surface area contributed by atoms with Crippen molar-refractivity contribution in [1.29, 1.82) is 0 Å². The molecule has 0 atom stereocenters. The fraction of sp³-hybridized carbons (Fsp3) is 0.0714. The minimum Gasteiger partial charge on any atom is -0.478 e. The van der Waals surface area contributed by atoms with Crippen molar-refractivity contribution in [2.45, 2.75) is 6.92 Å². The highest BCUT2D eigenvalue weighted by atomic mass is 35.5. The number of hydrogen-bond acceptors (Lipinski definition) is 1. The topological polar surface area (TPSA) is 37.3 Å². The zero-order valence-electron chi connectivity index (χ0n) is 9.58. The molecule has 0 amide bonds. The summed E-state index contributed by atoms with van der Waals surface area (Å²) in [6.07, 6.45) is 0. The molecular formula is C14H10Cl2O2. The van der Waals surface area contributed by atoms with E-state index in [1.807, 2.05) is 19.1 Å². The molecule has 0 aliphatic rings. The van der Waals surface area contributed by atoms with Gasteiger partial charge in [-0.1, -0.05) is 35.3 Å². The zero-order chi connectivity index (χ0) is 13.3. The van der Waals surface area contributed by atoms with E-state index >= 15 is 0 Å². The van der Waals surface area contributed by atoms with Crippen LogP contribution in [0.15, 0.2) is 36.4 Å². The van der Waals surface area contributed by atoms with Gasteiger partial charge in [0, 0.05) is 10.0 Å². The molecule has 0 aromatic heterocycles. The Morgan fingerprint density at radius 2 is 1.50 bits per heavy atom. The van der Waals surface area contributed by atoms with Crippen LogP contribution in [-0.2, 0) is 0 Å². The maximum atomic E-state index is 10.8. The maximum Gasteiger partial charge on any atom is 0.335 e. The van der Waals surface area contributed by atoms with E-state index in [1.54, 1.807) is 24.3 Å². The van der Waals surface area contributed by atoms with E-state index in [0.29, 0.717) is 10.0 Å². The van der Waals surface area contributed by atoms with E-state index in [1.165, 1.54) is 0 Å². The molecule has 92 valence electrons. The van der Waals surface area contributed by atoms with Gasteiger partial charge >= 0.3 is 5.97 Å². The third kappa shape index (κ3) is 2.50. The number of carboxylic acids is 1. The van der Waals surface area contributed by atoms with Gasteiger partial charge in [0.05, 0.1) is 5.56 Å². The Morgan fingerprint density at radius 1 is 1.00 bits per heavy atom. The van der Waals surface area contributed by atoms with Crippen molar-refractivity contribution in [2.24, 2.45) is 0 Å². The molecule has 0 saturated carbocycles. The van der Waals surface area contributed by atoms with Crippen molar-refractivity contribution in [1.82, 2.24) is 0 Å². The SMILES string of the molecule is Cc1c(Cl)cc(-c2ccc(C(=O)O)cc2)cc1Cl. The minimum absolute atomic E-state index is 0.253. The molecule has 2 rings (SSSR count). The van der Waals surface area contributed by atoms with Gasteiger partial charge in [0.25, 0.3) is 0 Å². The van der Waals surface area contributed by atoms with Gasteiger partial charge in [0.2, 0.25) is 0 Å². The molecule has 0 aliphatic carbocycles. The van der Waals surface area contributed by atoms with Gasteiger partial charge in [-0.15, -0.1) is 0 Å². The average Bonchev–Trinajstić information content (AvgIpc) is 2.35. The lowest BCUT2D eigenvalue weighted by atomic mass is 10.0. The molecule has 0 bridgehead atoms. The first kappa shape index (κ1) is 12.9. The van der Waals surface area contributed by atoms with Crippen LogP contribution in [0.25, 0.3) is 11.1 Å². The van der Waals surface area contributed by atoms with Crippen molar-refractivity contribution >= 4 is 29.2 Å². The summed E-state index contributed by atoms with van der Waals surface area (Å²) in [6, 6.07) is 10.2. The van der Waals surface area contributed by atoms with Gasteiger partial charge in [0.1, 0.15) is 0 Å². The molecule has 0 saturated heterocycles. The number of benzene rings is 2. The van der Waals surface area contributed by atoms with Crippen LogP contribution in [0, 0.1) is 6.92 Å². The standard InChI is InChI=1S/C14H10Cl2O2/c1-8-12(15)6-11(7-13(8)16)9-2-4-10(5-3-9)14(17)18/h2-7H,1H3,(H,17,18). The summed E-state index contributed by atoms with van der Waals surface area (Å²) in [6.45, 7) is 1.85. The molecule has 1 N–H and O–H groups in total. The van der Waals surface area contributed by atoms with Crippen molar-refractivity contribution in [3.05, 3.63) is 57.6 Å². The highest BCUT2D eigenvalue weighted by Crippen LogP contribution is 2.31. The predicted octanol–water partition coefficient (Wildman–Crippen LogP) is 4.67. The van der Waals surface area contributed by atoms with Crippen LogP contribution in [0.5, 0.6) is 0 Å². The molecule has 2 aromatic carbocycles. The first-order valence-corrected chi connectivity index (χ1v) is 6.04. The Hall–Kier alpha value is -1.51. The highest BCUT2D eigenvalue weighted by molar-refractivity contribution is 6.36. The summed E-state index contributed by atoms with van der Waals surface area (Å²) >= 11 is 12.1. The molecule has 18 heavy (non-hydrogen) atoms. The number of rotatable bonds is 2. The van der Waals surface area contributed by atoms with E-state index in [-0.39, 0.29) is 5.56 Å². The van der Waals surface area contributed by atoms with E-state index in [0.717, 1.165) is 16.7 Å². The summed E-state index contributed by atoms with van der Waals surface area (Å²) in [5, 5.41) is 10.0. The van der Waals surface area contributed by atoms with Crippen molar-refractivity contribution in [2.75, 3.05) is 0 Å². The van der Waals surface area contributed by atoms with Gasteiger partial charge in [-0.25, -0.2) is 4.79 Å². The van der Waals surface area contributed by atoms with Crippen LogP contribution in [0.4, 0.5) is 0 Å². The molecule has 0 unspecified atom stereocenters. The molecule has 0 radical (unpaired) electrons. The van der Waals surface area contributed by atoms with Crippen LogP contribution in [0.3, 0.4) is 0 Å². The average molecular weight is 281 g/mol. The Kier molecular flexibility index (Phi) is 3.60. The maximum absolute atomic E-state index is 10.8. The number of aromatic carboxylic acids is 1. The van der Waals surface area contributed by atoms with E-state index in [9.17, 15) is 4.79 Å². The lowest BCUT2D eigenvalue weighted by Crippen LogP contribution is -1.95. The smallest absolute Gasteiger partial charge is 0.335 e. The van der Waals surface area contributed by atoms with Gasteiger partial charge in [-0.05, 0) is 47.9 Å². The predicted molar refractivity (Wildman–Crippen MR) is 73.6 cm³/mol.